The Balaban J connectivity index is 3.39. The standard InChI is InChI=1S/C8H14O3/c1-6(8(10)11)4-3-5-7(2)9/h6H,3-5H2,1-2H3,(H,10,11)/p-1. The number of rotatable bonds is 5. The van der Waals surface area contributed by atoms with Gasteiger partial charge in [0.1, 0.15) is 5.78 Å². The number of Topliss-reactive ketones (excluding diaryl/α,β-unsaturated/α-hetero) is 1. The van der Waals surface area contributed by atoms with Gasteiger partial charge in [0.05, 0.1) is 0 Å². The zero-order valence-electron chi connectivity index (χ0n) is 6.92. The van der Waals surface area contributed by atoms with Crippen LogP contribution in [0, 0.1) is 5.92 Å². The Morgan fingerprint density at radius 1 is 1.45 bits per heavy atom. The number of carboxylic acid groups (broad SMARTS) is 1. The summed E-state index contributed by atoms with van der Waals surface area (Å²) in [7, 11) is 0. The third-order valence-corrected chi connectivity index (χ3v) is 1.57. The SMILES string of the molecule is CC(=O)CCCC(C)C(=O)[O-]. The lowest BCUT2D eigenvalue weighted by Gasteiger charge is -2.10. The van der Waals surface area contributed by atoms with Crippen LogP contribution in [-0.4, -0.2) is 11.8 Å². The number of carbonyl (C=O) groups excluding carboxylic acids is 2. The van der Waals surface area contributed by atoms with Crippen LogP contribution in [0.1, 0.15) is 33.1 Å². The molecule has 0 aromatic carbocycles. The molecule has 0 aliphatic carbocycles. The maximum atomic E-state index is 10.4. The van der Waals surface area contributed by atoms with E-state index in [4.69, 9.17) is 0 Å². The lowest BCUT2D eigenvalue weighted by molar-refractivity contribution is -0.311. The molecule has 0 aromatic heterocycles. The van der Waals surface area contributed by atoms with Crippen LogP contribution in [-0.2, 0) is 9.59 Å². The number of hydrogen-bond donors (Lipinski definition) is 0. The van der Waals surface area contributed by atoms with Crippen molar-refractivity contribution < 1.29 is 14.7 Å². The molecule has 0 amide bonds. The second kappa shape index (κ2) is 4.88. The molecular weight excluding hydrogens is 144 g/mol. The summed E-state index contributed by atoms with van der Waals surface area (Å²) >= 11 is 0. The van der Waals surface area contributed by atoms with Crippen molar-refractivity contribution in [1.29, 1.82) is 0 Å². The molecule has 0 saturated carbocycles. The lowest BCUT2D eigenvalue weighted by Crippen LogP contribution is -2.29. The first-order valence-electron chi connectivity index (χ1n) is 3.74. The minimum absolute atomic E-state index is 0.107. The molecule has 1 unspecified atom stereocenters. The van der Waals surface area contributed by atoms with Crippen LogP contribution in [0.3, 0.4) is 0 Å². The number of ketones is 1. The van der Waals surface area contributed by atoms with Gasteiger partial charge in [-0.15, -0.1) is 0 Å². The van der Waals surface area contributed by atoms with Crippen molar-refractivity contribution >= 4 is 11.8 Å². The fourth-order valence-electron chi connectivity index (χ4n) is 0.775. The Hall–Kier alpha value is -0.860. The average molecular weight is 157 g/mol. The van der Waals surface area contributed by atoms with E-state index in [0.29, 0.717) is 19.3 Å². The van der Waals surface area contributed by atoms with Crippen LogP contribution in [0.25, 0.3) is 0 Å². The third-order valence-electron chi connectivity index (χ3n) is 1.57. The molecule has 1 atom stereocenters. The second-order valence-electron chi connectivity index (χ2n) is 2.81. The van der Waals surface area contributed by atoms with E-state index in [1.165, 1.54) is 6.92 Å². The van der Waals surface area contributed by atoms with Gasteiger partial charge in [-0.05, 0) is 25.7 Å². The van der Waals surface area contributed by atoms with Crippen LogP contribution in [0.4, 0.5) is 0 Å². The Kier molecular flexibility index (Phi) is 4.50. The minimum Gasteiger partial charge on any atom is -0.550 e. The van der Waals surface area contributed by atoms with Gasteiger partial charge in [0.15, 0.2) is 0 Å². The summed E-state index contributed by atoms with van der Waals surface area (Å²) in [4.78, 5) is 20.6. The molecule has 11 heavy (non-hydrogen) atoms. The highest BCUT2D eigenvalue weighted by Gasteiger charge is 2.02. The Morgan fingerprint density at radius 2 is 2.00 bits per heavy atom. The Bertz CT molecular complexity index is 151. The van der Waals surface area contributed by atoms with Crippen molar-refractivity contribution in [2.75, 3.05) is 0 Å². The summed E-state index contributed by atoms with van der Waals surface area (Å²) in [5.74, 6) is -1.36. The van der Waals surface area contributed by atoms with E-state index in [2.05, 4.69) is 0 Å². The fraction of sp³-hybridized carbons (Fsp3) is 0.750. The van der Waals surface area contributed by atoms with Gasteiger partial charge in [0.2, 0.25) is 0 Å². The molecule has 0 aromatic rings. The van der Waals surface area contributed by atoms with E-state index in [1.54, 1.807) is 6.92 Å². The normalized spacial score (nSPS) is 12.5. The van der Waals surface area contributed by atoms with Crippen LogP contribution in [0.15, 0.2) is 0 Å². The molecule has 3 nitrogen and oxygen atoms in total. The Labute approximate surface area is 66.4 Å². The van der Waals surface area contributed by atoms with Crippen LogP contribution >= 0.6 is 0 Å². The van der Waals surface area contributed by atoms with Crippen molar-refractivity contribution in [3.05, 3.63) is 0 Å². The van der Waals surface area contributed by atoms with Gasteiger partial charge in [-0.25, -0.2) is 0 Å². The van der Waals surface area contributed by atoms with E-state index >= 15 is 0 Å². The van der Waals surface area contributed by atoms with Crippen molar-refractivity contribution in [2.24, 2.45) is 5.92 Å². The van der Waals surface area contributed by atoms with Crippen LogP contribution < -0.4 is 5.11 Å². The predicted octanol–water partition coefficient (Wildman–Crippen LogP) is 0.132. The molecule has 64 valence electrons. The van der Waals surface area contributed by atoms with Crippen molar-refractivity contribution in [3.8, 4) is 0 Å². The van der Waals surface area contributed by atoms with Crippen LogP contribution in [0.5, 0.6) is 0 Å². The van der Waals surface area contributed by atoms with Gasteiger partial charge in [-0.1, -0.05) is 6.92 Å². The van der Waals surface area contributed by atoms with Gasteiger partial charge >= 0.3 is 0 Å². The summed E-state index contributed by atoms with van der Waals surface area (Å²) in [6.45, 7) is 3.10. The molecule has 0 rings (SSSR count). The van der Waals surface area contributed by atoms with E-state index in [-0.39, 0.29) is 5.78 Å². The van der Waals surface area contributed by atoms with Gasteiger partial charge in [-0.2, -0.15) is 0 Å². The topological polar surface area (TPSA) is 57.2 Å². The molecule has 0 aliphatic heterocycles. The quantitative estimate of drug-likeness (QED) is 0.570. The zero-order valence-corrected chi connectivity index (χ0v) is 6.92. The molecule has 0 spiro atoms. The monoisotopic (exact) mass is 157 g/mol. The van der Waals surface area contributed by atoms with Crippen molar-refractivity contribution in [2.45, 2.75) is 33.1 Å². The van der Waals surface area contributed by atoms with Gasteiger partial charge in [0.25, 0.3) is 0 Å². The maximum Gasteiger partial charge on any atom is 0.129 e. The molecule has 0 saturated heterocycles. The molecule has 0 bridgehead atoms. The smallest absolute Gasteiger partial charge is 0.129 e. The largest absolute Gasteiger partial charge is 0.550 e. The van der Waals surface area contributed by atoms with Gasteiger partial charge in [-0.3, -0.25) is 0 Å². The molecule has 0 fully saturated rings. The number of hydrogen-bond acceptors (Lipinski definition) is 3. The summed E-state index contributed by atoms with van der Waals surface area (Å²) in [6.07, 6.45) is 1.64. The molecule has 0 heterocycles. The van der Waals surface area contributed by atoms with Crippen molar-refractivity contribution in [3.63, 3.8) is 0 Å². The first-order chi connectivity index (χ1) is 5.04. The zero-order chi connectivity index (χ0) is 8.85. The summed E-state index contributed by atoms with van der Waals surface area (Å²) in [5.41, 5.74) is 0. The molecule has 3 heteroatoms. The second-order valence-corrected chi connectivity index (χ2v) is 2.81. The lowest BCUT2D eigenvalue weighted by atomic mass is 10.0. The van der Waals surface area contributed by atoms with Gasteiger partial charge in [0, 0.05) is 12.4 Å². The van der Waals surface area contributed by atoms with Gasteiger partial charge < -0.3 is 14.7 Å². The summed E-state index contributed by atoms with van der Waals surface area (Å²) in [5, 5.41) is 10.2. The number of aliphatic carboxylic acids is 1. The maximum absolute atomic E-state index is 10.4. The molecular formula is C8H13O3-. The summed E-state index contributed by atoms with van der Waals surface area (Å²) in [6, 6.07) is 0. The van der Waals surface area contributed by atoms with E-state index < -0.39 is 11.9 Å². The molecule has 0 aliphatic rings. The minimum atomic E-state index is -1.03. The Morgan fingerprint density at radius 3 is 2.36 bits per heavy atom. The van der Waals surface area contributed by atoms with Crippen molar-refractivity contribution in [1.82, 2.24) is 0 Å². The first-order valence-corrected chi connectivity index (χ1v) is 3.74. The summed E-state index contributed by atoms with van der Waals surface area (Å²) < 4.78 is 0. The number of carboxylic acids is 1. The highest BCUT2D eigenvalue weighted by atomic mass is 16.4. The van der Waals surface area contributed by atoms with E-state index in [0.717, 1.165) is 0 Å². The average Bonchev–Trinajstić information content (AvgIpc) is 1.86. The van der Waals surface area contributed by atoms with Crippen LogP contribution in [0.2, 0.25) is 0 Å². The predicted molar refractivity (Wildman–Crippen MR) is 38.7 cm³/mol. The fourth-order valence-corrected chi connectivity index (χ4v) is 0.775. The van der Waals surface area contributed by atoms with E-state index in [1.807, 2.05) is 0 Å². The third kappa shape index (κ3) is 5.58. The number of carbonyl (C=O) groups is 2. The first kappa shape index (κ1) is 10.1. The molecule has 0 radical (unpaired) electrons. The highest BCUT2D eigenvalue weighted by Crippen LogP contribution is 2.06. The van der Waals surface area contributed by atoms with E-state index in [9.17, 15) is 14.7 Å². The molecule has 0 N–H and O–H groups in total. The highest BCUT2D eigenvalue weighted by molar-refractivity contribution is 5.75.